The zero-order valence-electron chi connectivity index (χ0n) is 17.0. The minimum atomic E-state index is -1.39. The molecule has 2 aromatic carbocycles. The minimum Gasteiger partial charge on any atom is -0.445 e. The highest BCUT2D eigenvalue weighted by atomic mass is 16.6. The standard InChI is InChI=1S/C22H22N2O7/c1-15(25)30-19-8-4-3-7-18(19)20(26)31-22(13-5-2-6-14-22)21(27)23-16-9-11-17(12-10-16)24(28)29/h3-4,7-12H,2,5-6,13-14H2,1H3,(H,23,27). The average Bonchev–Trinajstić information content (AvgIpc) is 2.74. The fraction of sp³-hybridized carbons (Fsp3) is 0.318. The Morgan fingerprint density at radius 1 is 1.00 bits per heavy atom. The number of carbonyl (C=O) groups excluding carboxylic acids is 3. The molecule has 9 heteroatoms. The van der Waals surface area contributed by atoms with Gasteiger partial charge in [-0.25, -0.2) is 4.79 Å². The molecule has 31 heavy (non-hydrogen) atoms. The van der Waals surface area contributed by atoms with Crippen molar-refractivity contribution in [1.29, 1.82) is 0 Å². The number of esters is 2. The second kappa shape index (κ2) is 9.38. The summed E-state index contributed by atoms with van der Waals surface area (Å²) in [7, 11) is 0. The van der Waals surface area contributed by atoms with E-state index in [-0.39, 0.29) is 17.0 Å². The van der Waals surface area contributed by atoms with Gasteiger partial charge in [-0.2, -0.15) is 0 Å². The summed E-state index contributed by atoms with van der Waals surface area (Å²) in [6.45, 7) is 1.22. The molecule has 2 aromatic rings. The quantitative estimate of drug-likeness (QED) is 0.320. The van der Waals surface area contributed by atoms with Crippen molar-refractivity contribution in [2.24, 2.45) is 0 Å². The number of ether oxygens (including phenoxy) is 2. The third kappa shape index (κ3) is 5.25. The first-order valence-electron chi connectivity index (χ1n) is 9.87. The Morgan fingerprint density at radius 3 is 2.26 bits per heavy atom. The number of non-ortho nitro benzene ring substituents is 1. The minimum absolute atomic E-state index is 0.0470. The SMILES string of the molecule is CC(=O)Oc1ccccc1C(=O)OC1(C(=O)Nc2ccc([N+](=O)[O-])cc2)CCCCC1. The Labute approximate surface area is 178 Å². The van der Waals surface area contributed by atoms with Crippen LogP contribution in [0.5, 0.6) is 5.75 Å². The second-order valence-electron chi connectivity index (χ2n) is 7.29. The molecule has 1 amide bonds. The molecule has 9 nitrogen and oxygen atoms in total. The van der Waals surface area contributed by atoms with Crippen molar-refractivity contribution < 1.29 is 28.8 Å². The number of hydrogen-bond acceptors (Lipinski definition) is 7. The van der Waals surface area contributed by atoms with Crippen LogP contribution in [0, 0.1) is 10.1 Å². The summed E-state index contributed by atoms with van der Waals surface area (Å²) >= 11 is 0. The maximum absolute atomic E-state index is 13.1. The Bertz CT molecular complexity index is 995. The highest BCUT2D eigenvalue weighted by Crippen LogP contribution is 2.35. The van der Waals surface area contributed by atoms with Gasteiger partial charge in [0.05, 0.1) is 4.92 Å². The first-order chi connectivity index (χ1) is 14.8. The van der Waals surface area contributed by atoms with Gasteiger partial charge in [-0.15, -0.1) is 0 Å². The van der Waals surface area contributed by atoms with E-state index in [0.29, 0.717) is 31.4 Å². The van der Waals surface area contributed by atoms with E-state index in [1.54, 1.807) is 12.1 Å². The summed E-state index contributed by atoms with van der Waals surface area (Å²) in [6.07, 6.45) is 2.99. The van der Waals surface area contributed by atoms with Crippen LogP contribution in [-0.4, -0.2) is 28.4 Å². The van der Waals surface area contributed by atoms with Crippen molar-refractivity contribution in [3.63, 3.8) is 0 Å². The molecule has 0 aromatic heterocycles. The molecule has 0 aliphatic heterocycles. The summed E-state index contributed by atoms with van der Waals surface area (Å²) in [4.78, 5) is 47.7. The molecule has 162 valence electrons. The van der Waals surface area contributed by atoms with E-state index in [2.05, 4.69) is 5.32 Å². The molecule has 1 N–H and O–H groups in total. The molecule has 1 fully saturated rings. The van der Waals surface area contributed by atoms with E-state index in [1.165, 1.54) is 43.3 Å². The highest BCUT2D eigenvalue weighted by molar-refractivity contribution is 6.01. The van der Waals surface area contributed by atoms with Gasteiger partial charge in [0.1, 0.15) is 11.3 Å². The first kappa shape index (κ1) is 21.9. The molecule has 0 spiro atoms. The molecule has 1 aliphatic carbocycles. The van der Waals surface area contributed by atoms with Crippen molar-refractivity contribution in [2.45, 2.75) is 44.6 Å². The Balaban J connectivity index is 1.82. The van der Waals surface area contributed by atoms with Crippen LogP contribution in [-0.2, 0) is 14.3 Å². The molecule has 0 atom stereocenters. The summed E-state index contributed by atoms with van der Waals surface area (Å²) in [5, 5.41) is 13.5. The fourth-order valence-electron chi connectivity index (χ4n) is 3.52. The highest BCUT2D eigenvalue weighted by Gasteiger charge is 2.44. The van der Waals surface area contributed by atoms with Crippen LogP contribution in [0.25, 0.3) is 0 Å². The third-order valence-electron chi connectivity index (χ3n) is 5.06. The van der Waals surface area contributed by atoms with Gasteiger partial charge in [-0.1, -0.05) is 18.6 Å². The number of nitrogens with zero attached hydrogens (tertiary/aromatic N) is 1. The third-order valence-corrected chi connectivity index (χ3v) is 5.06. The average molecular weight is 426 g/mol. The number of amides is 1. The number of nitrogens with one attached hydrogen (secondary N) is 1. The maximum atomic E-state index is 13.1. The zero-order chi connectivity index (χ0) is 22.4. The van der Waals surface area contributed by atoms with Gasteiger partial charge >= 0.3 is 11.9 Å². The van der Waals surface area contributed by atoms with Gasteiger partial charge in [-0.05, 0) is 49.9 Å². The molecule has 0 bridgehead atoms. The molecule has 0 saturated heterocycles. The summed E-state index contributed by atoms with van der Waals surface area (Å²) in [5.74, 6) is -1.79. The van der Waals surface area contributed by atoms with Crippen LogP contribution in [0.2, 0.25) is 0 Å². The maximum Gasteiger partial charge on any atom is 0.343 e. The van der Waals surface area contributed by atoms with Crippen LogP contribution in [0.1, 0.15) is 49.4 Å². The second-order valence-corrected chi connectivity index (χ2v) is 7.29. The summed E-state index contributed by atoms with van der Waals surface area (Å²) < 4.78 is 10.8. The van der Waals surface area contributed by atoms with Crippen molar-refractivity contribution in [2.75, 3.05) is 5.32 Å². The molecule has 0 unspecified atom stereocenters. The molecule has 0 heterocycles. The molecular formula is C22H22N2O7. The van der Waals surface area contributed by atoms with Gasteiger partial charge in [0.15, 0.2) is 5.60 Å². The molecule has 0 radical (unpaired) electrons. The lowest BCUT2D eigenvalue weighted by Gasteiger charge is -2.35. The monoisotopic (exact) mass is 426 g/mol. The van der Waals surface area contributed by atoms with E-state index < -0.39 is 28.4 Å². The Kier molecular flexibility index (Phi) is 6.64. The van der Waals surface area contributed by atoms with Crippen molar-refractivity contribution in [3.05, 3.63) is 64.2 Å². The van der Waals surface area contributed by atoms with Gasteiger partial charge in [0.2, 0.25) is 0 Å². The normalized spacial score (nSPS) is 14.9. The van der Waals surface area contributed by atoms with E-state index in [0.717, 1.165) is 6.42 Å². The van der Waals surface area contributed by atoms with E-state index >= 15 is 0 Å². The van der Waals surface area contributed by atoms with E-state index in [1.807, 2.05) is 0 Å². The predicted molar refractivity (Wildman–Crippen MR) is 111 cm³/mol. The Morgan fingerprint density at radius 2 is 1.65 bits per heavy atom. The van der Waals surface area contributed by atoms with Gasteiger partial charge < -0.3 is 14.8 Å². The van der Waals surface area contributed by atoms with Crippen molar-refractivity contribution in [1.82, 2.24) is 0 Å². The molecule has 1 aliphatic rings. The lowest BCUT2D eigenvalue weighted by Crippen LogP contribution is -2.48. The zero-order valence-corrected chi connectivity index (χ0v) is 17.0. The first-order valence-corrected chi connectivity index (χ1v) is 9.87. The van der Waals surface area contributed by atoms with E-state index in [4.69, 9.17) is 9.47 Å². The van der Waals surface area contributed by atoms with Crippen LogP contribution in [0.15, 0.2) is 48.5 Å². The van der Waals surface area contributed by atoms with Crippen LogP contribution in [0.4, 0.5) is 11.4 Å². The predicted octanol–water partition coefficient (Wildman–Crippen LogP) is 4.02. The van der Waals surface area contributed by atoms with Gasteiger partial charge in [-0.3, -0.25) is 19.7 Å². The largest absolute Gasteiger partial charge is 0.445 e. The summed E-state index contributed by atoms with van der Waals surface area (Å²) in [5.41, 5.74) is -1.08. The lowest BCUT2D eigenvalue weighted by molar-refractivity contribution is -0.384. The number of rotatable bonds is 6. The molecular weight excluding hydrogens is 404 g/mol. The number of nitro groups is 1. The van der Waals surface area contributed by atoms with Gasteiger partial charge in [0.25, 0.3) is 11.6 Å². The number of benzene rings is 2. The van der Waals surface area contributed by atoms with Crippen LogP contribution >= 0.6 is 0 Å². The topological polar surface area (TPSA) is 125 Å². The number of hydrogen-bond donors (Lipinski definition) is 1. The van der Waals surface area contributed by atoms with Crippen LogP contribution < -0.4 is 10.1 Å². The Hall–Kier alpha value is -3.75. The number of nitro benzene ring substituents is 1. The van der Waals surface area contributed by atoms with Gasteiger partial charge in [0, 0.05) is 24.7 Å². The fourth-order valence-corrected chi connectivity index (χ4v) is 3.52. The smallest absolute Gasteiger partial charge is 0.343 e. The van der Waals surface area contributed by atoms with Crippen molar-refractivity contribution in [3.8, 4) is 5.75 Å². The number of carbonyl (C=O) groups is 3. The number of para-hydroxylation sites is 1. The summed E-state index contributed by atoms with van der Waals surface area (Å²) in [6, 6.07) is 11.6. The van der Waals surface area contributed by atoms with Crippen LogP contribution in [0.3, 0.4) is 0 Å². The molecule has 1 saturated carbocycles. The molecule has 3 rings (SSSR count). The van der Waals surface area contributed by atoms with Crippen molar-refractivity contribution >= 4 is 29.2 Å². The number of anilines is 1. The lowest BCUT2D eigenvalue weighted by atomic mass is 9.83. The van der Waals surface area contributed by atoms with E-state index in [9.17, 15) is 24.5 Å².